The highest BCUT2D eigenvalue weighted by molar-refractivity contribution is 4.77. The van der Waals surface area contributed by atoms with E-state index in [1.807, 2.05) is 6.92 Å². The van der Waals surface area contributed by atoms with E-state index in [4.69, 9.17) is 10.5 Å². The Labute approximate surface area is 93.7 Å². The lowest BCUT2D eigenvalue weighted by Crippen LogP contribution is -2.48. The van der Waals surface area contributed by atoms with E-state index >= 15 is 0 Å². The summed E-state index contributed by atoms with van der Waals surface area (Å²) in [5, 5.41) is 0. The quantitative estimate of drug-likeness (QED) is 0.803. The lowest BCUT2D eigenvalue weighted by atomic mass is 10.1. The van der Waals surface area contributed by atoms with E-state index < -0.39 is 12.1 Å². The number of nitrogens with zero attached hydrogens (tertiary/aromatic N) is 1. The van der Waals surface area contributed by atoms with Gasteiger partial charge in [0.2, 0.25) is 0 Å². The first-order chi connectivity index (χ1) is 7.47. The van der Waals surface area contributed by atoms with Crippen molar-refractivity contribution in [3.05, 3.63) is 0 Å². The summed E-state index contributed by atoms with van der Waals surface area (Å²) < 4.78 is 43.0. The summed E-state index contributed by atoms with van der Waals surface area (Å²) in [6.45, 7) is 3.25. The van der Waals surface area contributed by atoms with Gasteiger partial charge in [-0.1, -0.05) is 6.92 Å². The third-order valence-corrected chi connectivity index (χ3v) is 2.90. The van der Waals surface area contributed by atoms with Crippen LogP contribution in [-0.4, -0.2) is 50.0 Å². The van der Waals surface area contributed by atoms with Crippen LogP contribution < -0.4 is 5.73 Å². The molecule has 2 N–H and O–H groups in total. The van der Waals surface area contributed by atoms with Crippen molar-refractivity contribution in [2.75, 3.05) is 32.8 Å². The molecule has 0 aliphatic carbocycles. The fourth-order valence-corrected chi connectivity index (χ4v) is 1.82. The Morgan fingerprint density at radius 1 is 1.50 bits per heavy atom. The summed E-state index contributed by atoms with van der Waals surface area (Å²) >= 11 is 0. The first kappa shape index (κ1) is 13.7. The summed E-state index contributed by atoms with van der Waals surface area (Å²) in [7, 11) is 0. The van der Waals surface area contributed by atoms with Crippen molar-refractivity contribution in [3.8, 4) is 0 Å². The molecule has 1 rings (SSSR count). The first-order valence-corrected chi connectivity index (χ1v) is 5.58. The van der Waals surface area contributed by atoms with E-state index in [0.29, 0.717) is 19.7 Å². The van der Waals surface area contributed by atoms with Crippen LogP contribution in [0.2, 0.25) is 0 Å². The maximum Gasteiger partial charge on any atom is 0.394 e. The molecule has 0 aromatic heterocycles. The van der Waals surface area contributed by atoms with Gasteiger partial charge >= 0.3 is 6.18 Å². The predicted octanol–water partition coefficient (Wildman–Crippen LogP) is 1.23. The fraction of sp³-hybridized carbons (Fsp3) is 1.00. The topological polar surface area (TPSA) is 38.5 Å². The monoisotopic (exact) mass is 240 g/mol. The average Bonchev–Trinajstić information content (AvgIpc) is 2.24. The highest BCUT2D eigenvalue weighted by atomic mass is 19.4. The Morgan fingerprint density at radius 3 is 2.69 bits per heavy atom. The molecule has 1 aliphatic rings. The Bertz CT molecular complexity index is 211. The summed E-state index contributed by atoms with van der Waals surface area (Å²) in [5.74, 6) is -1.43. The fourth-order valence-electron chi connectivity index (χ4n) is 1.82. The van der Waals surface area contributed by atoms with E-state index in [1.54, 1.807) is 4.90 Å². The molecular weight excluding hydrogens is 221 g/mol. The van der Waals surface area contributed by atoms with Crippen LogP contribution in [-0.2, 0) is 4.74 Å². The number of halogens is 3. The van der Waals surface area contributed by atoms with Crippen molar-refractivity contribution < 1.29 is 17.9 Å². The molecule has 0 saturated carbocycles. The van der Waals surface area contributed by atoms with Crippen LogP contribution in [0.15, 0.2) is 0 Å². The van der Waals surface area contributed by atoms with E-state index in [-0.39, 0.29) is 19.2 Å². The first-order valence-electron chi connectivity index (χ1n) is 5.58. The minimum absolute atomic E-state index is 0.0140. The summed E-state index contributed by atoms with van der Waals surface area (Å²) in [4.78, 5) is 1.79. The number of ether oxygens (including phenoxy) is 1. The molecule has 96 valence electrons. The third-order valence-electron chi connectivity index (χ3n) is 2.90. The number of nitrogens with two attached hydrogens (primary N) is 1. The van der Waals surface area contributed by atoms with E-state index in [2.05, 4.69) is 0 Å². The van der Waals surface area contributed by atoms with Gasteiger partial charge in [0.25, 0.3) is 0 Å². The van der Waals surface area contributed by atoms with Crippen molar-refractivity contribution in [2.24, 2.45) is 11.7 Å². The molecule has 2 atom stereocenters. The predicted molar refractivity (Wildman–Crippen MR) is 55.1 cm³/mol. The lowest BCUT2D eigenvalue weighted by Gasteiger charge is -2.34. The molecule has 2 unspecified atom stereocenters. The van der Waals surface area contributed by atoms with E-state index in [1.165, 1.54) is 0 Å². The summed E-state index contributed by atoms with van der Waals surface area (Å²) in [5.41, 5.74) is 5.17. The molecule has 0 bridgehead atoms. The van der Waals surface area contributed by atoms with Gasteiger partial charge in [-0.3, -0.25) is 4.90 Å². The molecular formula is C10H19F3N2O. The molecule has 0 amide bonds. The van der Waals surface area contributed by atoms with Gasteiger partial charge in [-0.25, -0.2) is 0 Å². The van der Waals surface area contributed by atoms with Crippen molar-refractivity contribution in [1.29, 1.82) is 0 Å². The third kappa shape index (κ3) is 3.92. The van der Waals surface area contributed by atoms with E-state index in [9.17, 15) is 13.2 Å². The zero-order valence-corrected chi connectivity index (χ0v) is 9.46. The average molecular weight is 240 g/mol. The van der Waals surface area contributed by atoms with Crippen molar-refractivity contribution in [3.63, 3.8) is 0 Å². The zero-order valence-electron chi connectivity index (χ0n) is 9.46. The van der Waals surface area contributed by atoms with Crippen molar-refractivity contribution in [1.82, 2.24) is 4.90 Å². The number of rotatable bonds is 4. The van der Waals surface area contributed by atoms with Gasteiger partial charge in [0, 0.05) is 26.2 Å². The molecule has 1 heterocycles. The summed E-state index contributed by atoms with van der Waals surface area (Å²) in [6, 6.07) is 0. The molecule has 0 spiro atoms. The van der Waals surface area contributed by atoms with Gasteiger partial charge < -0.3 is 10.5 Å². The maximum absolute atomic E-state index is 12.5. The van der Waals surface area contributed by atoms with Gasteiger partial charge in [-0.05, 0) is 6.42 Å². The van der Waals surface area contributed by atoms with Gasteiger partial charge in [0.05, 0.1) is 18.6 Å². The molecule has 0 radical (unpaired) electrons. The Kier molecular flexibility index (Phi) is 5.01. The maximum atomic E-state index is 12.5. The second kappa shape index (κ2) is 5.84. The van der Waals surface area contributed by atoms with Crippen LogP contribution in [0.4, 0.5) is 13.2 Å². The molecule has 16 heavy (non-hydrogen) atoms. The Morgan fingerprint density at radius 2 is 2.19 bits per heavy atom. The highest BCUT2D eigenvalue weighted by Gasteiger charge is 2.39. The zero-order chi connectivity index (χ0) is 12.2. The summed E-state index contributed by atoms with van der Waals surface area (Å²) in [6.07, 6.45) is -3.31. The SMILES string of the molecule is CCC1CN(CC(CN)C(F)(F)F)CCO1. The standard InChI is InChI=1S/C10H19F3N2O/c1-2-9-7-15(3-4-16-9)6-8(5-14)10(11,12)13/h8-9H,2-7,14H2,1H3. The molecule has 3 nitrogen and oxygen atoms in total. The molecule has 1 fully saturated rings. The molecule has 1 saturated heterocycles. The van der Waals surface area contributed by atoms with Crippen LogP contribution >= 0.6 is 0 Å². The van der Waals surface area contributed by atoms with Crippen LogP contribution in [0.1, 0.15) is 13.3 Å². The van der Waals surface area contributed by atoms with Crippen LogP contribution in [0.25, 0.3) is 0 Å². The van der Waals surface area contributed by atoms with E-state index in [0.717, 1.165) is 6.42 Å². The second-order valence-corrected chi connectivity index (χ2v) is 4.13. The molecule has 1 aliphatic heterocycles. The normalized spacial score (nSPS) is 25.7. The molecule has 6 heteroatoms. The van der Waals surface area contributed by atoms with Gasteiger partial charge in [0.15, 0.2) is 0 Å². The Balaban J connectivity index is 2.45. The lowest BCUT2D eigenvalue weighted by molar-refractivity contribution is -0.179. The van der Waals surface area contributed by atoms with Crippen molar-refractivity contribution in [2.45, 2.75) is 25.6 Å². The molecule has 0 aromatic carbocycles. The van der Waals surface area contributed by atoms with Gasteiger partial charge in [-0.15, -0.1) is 0 Å². The number of morpholine rings is 1. The second-order valence-electron chi connectivity index (χ2n) is 4.13. The minimum atomic E-state index is -4.20. The Hall–Kier alpha value is -0.330. The number of hydrogen-bond donors (Lipinski definition) is 1. The minimum Gasteiger partial charge on any atom is -0.376 e. The van der Waals surface area contributed by atoms with Crippen LogP contribution in [0.3, 0.4) is 0 Å². The van der Waals surface area contributed by atoms with Crippen LogP contribution in [0, 0.1) is 5.92 Å². The molecule has 0 aromatic rings. The van der Waals surface area contributed by atoms with Crippen LogP contribution in [0.5, 0.6) is 0 Å². The van der Waals surface area contributed by atoms with Gasteiger partial charge in [-0.2, -0.15) is 13.2 Å². The number of hydrogen-bond acceptors (Lipinski definition) is 3. The number of alkyl halides is 3. The van der Waals surface area contributed by atoms with Gasteiger partial charge in [0.1, 0.15) is 0 Å². The largest absolute Gasteiger partial charge is 0.394 e. The highest BCUT2D eigenvalue weighted by Crippen LogP contribution is 2.26. The smallest absolute Gasteiger partial charge is 0.376 e. The van der Waals surface area contributed by atoms with Crippen molar-refractivity contribution >= 4 is 0 Å².